The van der Waals surface area contributed by atoms with Gasteiger partial charge in [-0.15, -0.1) is 11.6 Å². The van der Waals surface area contributed by atoms with Crippen LogP contribution in [0.25, 0.3) is 0 Å². The minimum atomic E-state index is 0.792. The molecule has 1 nitrogen and oxygen atoms in total. The lowest BCUT2D eigenvalue weighted by Crippen LogP contribution is -3.10. The summed E-state index contributed by atoms with van der Waals surface area (Å²) < 4.78 is 0. The van der Waals surface area contributed by atoms with E-state index in [9.17, 15) is 0 Å². The Morgan fingerprint density at radius 2 is 2.44 bits per heavy atom. The van der Waals surface area contributed by atoms with Crippen molar-refractivity contribution in [2.75, 3.05) is 26.0 Å². The first kappa shape index (κ1) is 7.36. The highest BCUT2D eigenvalue weighted by atomic mass is 35.5. The molecule has 1 N–H and O–H groups in total. The first-order valence-corrected chi connectivity index (χ1v) is 4.23. The maximum Gasteiger partial charge on any atom is 0.0809 e. The summed E-state index contributed by atoms with van der Waals surface area (Å²) in [5, 5.41) is 0. The van der Waals surface area contributed by atoms with Crippen molar-refractivity contribution in [3.8, 4) is 0 Å². The molecule has 0 spiro atoms. The third-order valence-corrected chi connectivity index (χ3v) is 2.51. The van der Waals surface area contributed by atoms with E-state index in [2.05, 4.69) is 7.05 Å². The van der Waals surface area contributed by atoms with Crippen LogP contribution in [0.4, 0.5) is 0 Å². The largest absolute Gasteiger partial charge is 0.337 e. The van der Waals surface area contributed by atoms with Gasteiger partial charge in [-0.2, -0.15) is 0 Å². The molecule has 1 saturated heterocycles. The van der Waals surface area contributed by atoms with Crippen LogP contribution in [0.3, 0.4) is 0 Å². The average Bonchev–Trinajstić information content (AvgIpc) is 1.88. The molecule has 54 valence electrons. The van der Waals surface area contributed by atoms with Gasteiger partial charge < -0.3 is 4.90 Å². The van der Waals surface area contributed by atoms with Crippen LogP contribution < -0.4 is 4.90 Å². The van der Waals surface area contributed by atoms with Crippen LogP contribution in [0, 0.1) is 5.92 Å². The molecule has 0 aromatic heterocycles. The van der Waals surface area contributed by atoms with Gasteiger partial charge in [0, 0.05) is 11.8 Å². The Kier molecular flexibility index (Phi) is 2.80. The van der Waals surface area contributed by atoms with Crippen molar-refractivity contribution in [3.05, 3.63) is 0 Å². The zero-order valence-electron chi connectivity index (χ0n) is 5.99. The number of quaternary nitrogens is 1. The number of likely N-dealkylation sites (tertiary alicyclic amines) is 1. The Balaban J connectivity index is 2.23. The van der Waals surface area contributed by atoms with Gasteiger partial charge >= 0.3 is 0 Å². The van der Waals surface area contributed by atoms with E-state index in [0.29, 0.717) is 0 Å². The number of hydrogen-bond acceptors (Lipinski definition) is 0. The highest BCUT2D eigenvalue weighted by Crippen LogP contribution is 2.07. The molecule has 1 heterocycles. The molecule has 1 aliphatic heterocycles. The smallest absolute Gasteiger partial charge is 0.0809 e. The lowest BCUT2D eigenvalue weighted by Gasteiger charge is -2.25. The van der Waals surface area contributed by atoms with E-state index < -0.39 is 0 Å². The maximum absolute atomic E-state index is 5.73. The van der Waals surface area contributed by atoms with Crippen LogP contribution in [0.15, 0.2) is 0 Å². The van der Waals surface area contributed by atoms with E-state index in [1.807, 2.05) is 0 Å². The van der Waals surface area contributed by atoms with Gasteiger partial charge in [0.15, 0.2) is 0 Å². The summed E-state index contributed by atoms with van der Waals surface area (Å²) in [6.45, 7) is 2.62. The second-order valence-corrected chi connectivity index (χ2v) is 3.38. The third-order valence-electron chi connectivity index (χ3n) is 2.07. The molecule has 9 heavy (non-hydrogen) atoms. The second-order valence-electron chi connectivity index (χ2n) is 3.07. The lowest BCUT2D eigenvalue weighted by atomic mass is 10.0. The summed E-state index contributed by atoms with van der Waals surface area (Å²) in [4.78, 5) is 1.65. The standard InChI is InChI=1S/C7H14ClN/c1-9-4-2-3-7(5-8)6-9/h7H,2-6H2,1H3/p+1. The fourth-order valence-corrected chi connectivity index (χ4v) is 1.78. The molecule has 0 radical (unpaired) electrons. The van der Waals surface area contributed by atoms with E-state index in [1.54, 1.807) is 4.90 Å². The Bertz CT molecular complexity index is 85.0. The van der Waals surface area contributed by atoms with Crippen LogP contribution in [0.2, 0.25) is 0 Å². The van der Waals surface area contributed by atoms with Crippen LogP contribution in [0.5, 0.6) is 0 Å². The Hall–Kier alpha value is 0.250. The average molecular weight is 149 g/mol. The molecule has 0 bridgehead atoms. The molecule has 1 fully saturated rings. The van der Waals surface area contributed by atoms with E-state index in [0.717, 1.165) is 11.8 Å². The van der Waals surface area contributed by atoms with Gasteiger partial charge in [0.1, 0.15) is 0 Å². The van der Waals surface area contributed by atoms with Gasteiger partial charge in [0.25, 0.3) is 0 Å². The van der Waals surface area contributed by atoms with Crippen molar-refractivity contribution in [2.24, 2.45) is 5.92 Å². The molecular formula is C7H15ClN+. The zero-order chi connectivity index (χ0) is 6.69. The summed E-state index contributed by atoms with van der Waals surface area (Å²) in [6.07, 6.45) is 2.71. The molecule has 0 amide bonds. The first-order valence-electron chi connectivity index (χ1n) is 3.70. The second kappa shape index (κ2) is 3.43. The van der Waals surface area contributed by atoms with Crippen molar-refractivity contribution in [2.45, 2.75) is 12.8 Å². The number of halogens is 1. The number of alkyl halides is 1. The van der Waals surface area contributed by atoms with Gasteiger partial charge in [-0.05, 0) is 12.8 Å². The van der Waals surface area contributed by atoms with Crippen LogP contribution in [0.1, 0.15) is 12.8 Å². The molecule has 0 aromatic carbocycles. The molecule has 2 heteroatoms. The number of rotatable bonds is 1. The maximum atomic E-state index is 5.73. The van der Waals surface area contributed by atoms with Crippen LogP contribution in [-0.2, 0) is 0 Å². The monoisotopic (exact) mass is 148 g/mol. The van der Waals surface area contributed by atoms with E-state index in [-0.39, 0.29) is 0 Å². The summed E-state index contributed by atoms with van der Waals surface area (Å²) in [5.74, 6) is 1.65. The van der Waals surface area contributed by atoms with Crippen molar-refractivity contribution in [1.82, 2.24) is 0 Å². The predicted octanol–water partition coefficient (Wildman–Crippen LogP) is 0.150. The molecule has 1 aliphatic rings. The number of nitrogens with one attached hydrogen (secondary N) is 1. The van der Waals surface area contributed by atoms with E-state index >= 15 is 0 Å². The molecular weight excluding hydrogens is 134 g/mol. The highest BCUT2D eigenvalue weighted by molar-refractivity contribution is 6.18. The molecule has 1 rings (SSSR count). The topological polar surface area (TPSA) is 4.44 Å². The molecule has 2 atom stereocenters. The quantitative estimate of drug-likeness (QED) is 0.505. The SMILES string of the molecule is C[NH+]1CCCC(CCl)C1. The normalized spacial score (nSPS) is 36.7. The van der Waals surface area contributed by atoms with Crippen molar-refractivity contribution in [3.63, 3.8) is 0 Å². The summed E-state index contributed by atoms with van der Waals surface area (Å²) >= 11 is 5.73. The summed E-state index contributed by atoms with van der Waals surface area (Å²) in [6, 6.07) is 0. The lowest BCUT2D eigenvalue weighted by molar-refractivity contribution is -0.888. The molecule has 0 aromatic rings. The molecule has 0 saturated carbocycles. The van der Waals surface area contributed by atoms with Crippen molar-refractivity contribution in [1.29, 1.82) is 0 Å². The third kappa shape index (κ3) is 2.15. The fraction of sp³-hybridized carbons (Fsp3) is 1.00. The minimum Gasteiger partial charge on any atom is -0.337 e. The fourth-order valence-electron chi connectivity index (χ4n) is 1.52. The van der Waals surface area contributed by atoms with E-state index in [4.69, 9.17) is 11.6 Å². The van der Waals surface area contributed by atoms with Gasteiger partial charge in [-0.1, -0.05) is 0 Å². The predicted molar refractivity (Wildman–Crippen MR) is 40.1 cm³/mol. The van der Waals surface area contributed by atoms with Crippen molar-refractivity contribution < 1.29 is 4.90 Å². The summed E-state index contributed by atoms with van der Waals surface area (Å²) in [5.41, 5.74) is 0. The van der Waals surface area contributed by atoms with Gasteiger partial charge in [0.2, 0.25) is 0 Å². The van der Waals surface area contributed by atoms with Crippen LogP contribution >= 0.6 is 11.6 Å². The first-order chi connectivity index (χ1) is 4.33. The van der Waals surface area contributed by atoms with Gasteiger partial charge in [-0.25, -0.2) is 0 Å². The minimum absolute atomic E-state index is 0.792. The van der Waals surface area contributed by atoms with Crippen LogP contribution in [-0.4, -0.2) is 26.0 Å². The Morgan fingerprint density at radius 3 is 2.89 bits per heavy atom. The Morgan fingerprint density at radius 1 is 1.67 bits per heavy atom. The molecule has 2 unspecified atom stereocenters. The molecule has 0 aliphatic carbocycles. The van der Waals surface area contributed by atoms with Gasteiger partial charge in [0.05, 0.1) is 20.1 Å². The number of piperidine rings is 1. The van der Waals surface area contributed by atoms with E-state index in [1.165, 1.54) is 25.9 Å². The zero-order valence-corrected chi connectivity index (χ0v) is 6.75. The number of hydrogen-bond donors (Lipinski definition) is 1. The van der Waals surface area contributed by atoms with Crippen molar-refractivity contribution >= 4 is 11.6 Å². The highest BCUT2D eigenvalue weighted by Gasteiger charge is 2.18. The van der Waals surface area contributed by atoms with Gasteiger partial charge in [-0.3, -0.25) is 0 Å². The summed E-state index contributed by atoms with van der Waals surface area (Å²) in [7, 11) is 2.25. The Labute approximate surface area is 62.0 Å².